The highest BCUT2D eigenvalue weighted by Gasteiger charge is 2.41. The van der Waals surface area contributed by atoms with Gasteiger partial charge < -0.3 is 19.8 Å². The number of nitrogens with one attached hydrogen (secondary N) is 2. The van der Waals surface area contributed by atoms with Crippen molar-refractivity contribution >= 4 is 33.9 Å². The number of fused-ring (bicyclic) bond motifs is 3. The number of hydrogen-bond donors (Lipinski definition) is 2. The van der Waals surface area contributed by atoms with Crippen LogP contribution < -0.4 is 5.32 Å². The van der Waals surface area contributed by atoms with E-state index in [0.717, 1.165) is 48.1 Å². The van der Waals surface area contributed by atoms with Crippen molar-refractivity contribution in [1.82, 2.24) is 29.4 Å². The Labute approximate surface area is 200 Å². The maximum Gasteiger partial charge on any atom is 0.256 e. The van der Waals surface area contributed by atoms with Gasteiger partial charge >= 0.3 is 0 Å². The SMILES string of the molecule is CC(=O)N1C[C@H]2C[C@H](Nc3ncc4c(-c5ccc6nc(C)n(CC(F)F)c6c5)c[nH]c4n3)C[C@H]2C1. The van der Waals surface area contributed by atoms with Crippen LogP contribution in [0.15, 0.2) is 30.6 Å². The molecule has 1 amide bonds. The quantitative estimate of drug-likeness (QED) is 0.447. The van der Waals surface area contributed by atoms with Crippen molar-refractivity contribution in [3.05, 3.63) is 36.4 Å². The number of aromatic amines is 1. The first-order valence-corrected chi connectivity index (χ1v) is 12.0. The minimum absolute atomic E-state index is 0.160. The number of H-pyrrole nitrogens is 1. The third-order valence-electron chi connectivity index (χ3n) is 7.53. The molecule has 0 radical (unpaired) electrons. The lowest BCUT2D eigenvalue weighted by Crippen LogP contribution is -2.29. The molecule has 1 aliphatic heterocycles. The Morgan fingerprint density at radius 3 is 2.71 bits per heavy atom. The first kappa shape index (κ1) is 21.9. The summed E-state index contributed by atoms with van der Waals surface area (Å²) >= 11 is 0. The lowest BCUT2D eigenvalue weighted by molar-refractivity contribution is -0.128. The van der Waals surface area contributed by atoms with Gasteiger partial charge in [-0.1, -0.05) is 6.07 Å². The van der Waals surface area contributed by atoms with E-state index >= 15 is 0 Å². The van der Waals surface area contributed by atoms with Gasteiger partial charge in [0.05, 0.1) is 17.6 Å². The van der Waals surface area contributed by atoms with E-state index in [0.29, 0.717) is 40.7 Å². The van der Waals surface area contributed by atoms with Crippen LogP contribution in [0.2, 0.25) is 0 Å². The summed E-state index contributed by atoms with van der Waals surface area (Å²) in [6.45, 7) is 4.69. The molecule has 3 aromatic heterocycles. The van der Waals surface area contributed by atoms with Gasteiger partial charge in [0.2, 0.25) is 11.9 Å². The normalized spacial score (nSPS) is 22.0. The first-order chi connectivity index (χ1) is 16.9. The summed E-state index contributed by atoms with van der Waals surface area (Å²) in [5.74, 6) is 2.39. The summed E-state index contributed by atoms with van der Waals surface area (Å²) in [6, 6.07) is 6.00. The number of imidazole rings is 1. The van der Waals surface area contributed by atoms with Gasteiger partial charge in [0.15, 0.2) is 0 Å². The third kappa shape index (κ3) is 3.90. The van der Waals surface area contributed by atoms with Crippen molar-refractivity contribution in [3.63, 3.8) is 0 Å². The van der Waals surface area contributed by atoms with Crippen LogP contribution in [0.25, 0.3) is 33.2 Å². The molecular formula is C25H27F2N7O. The second-order valence-electron chi connectivity index (χ2n) is 9.78. The fraction of sp³-hybridized carbons (Fsp3) is 0.440. The number of rotatable bonds is 5. The molecule has 1 saturated heterocycles. The van der Waals surface area contributed by atoms with Gasteiger partial charge in [-0.15, -0.1) is 0 Å². The topological polar surface area (TPSA) is 91.7 Å². The molecule has 182 valence electrons. The molecule has 3 atom stereocenters. The number of anilines is 1. The summed E-state index contributed by atoms with van der Waals surface area (Å²) in [7, 11) is 0. The fourth-order valence-corrected chi connectivity index (χ4v) is 5.85. The van der Waals surface area contributed by atoms with Gasteiger partial charge in [0, 0.05) is 49.4 Å². The predicted octanol–water partition coefficient (Wildman–Crippen LogP) is 4.22. The molecule has 1 aromatic carbocycles. The Kier molecular flexibility index (Phi) is 5.19. The summed E-state index contributed by atoms with van der Waals surface area (Å²) in [5, 5.41) is 4.35. The van der Waals surface area contributed by atoms with Crippen LogP contribution in [0.3, 0.4) is 0 Å². The molecule has 2 fully saturated rings. The van der Waals surface area contributed by atoms with E-state index in [-0.39, 0.29) is 12.5 Å². The van der Waals surface area contributed by atoms with Crippen LogP contribution in [0, 0.1) is 18.8 Å². The largest absolute Gasteiger partial charge is 0.351 e. The molecule has 4 heterocycles. The van der Waals surface area contributed by atoms with Crippen molar-refractivity contribution < 1.29 is 13.6 Å². The van der Waals surface area contributed by atoms with Crippen LogP contribution in [-0.2, 0) is 11.3 Å². The van der Waals surface area contributed by atoms with E-state index in [1.54, 1.807) is 24.6 Å². The molecule has 10 heteroatoms. The second-order valence-corrected chi connectivity index (χ2v) is 9.78. The second kappa shape index (κ2) is 8.28. The molecular weight excluding hydrogens is 452 g/mol. The van der Waals surface area contributed by atoms with Crippen LogP contribution in [0.5, 0.6) is 0 Å². The number of likely N-dealkylation sites (tertiary alicyclic amines) is 1. The monoisotopic (exact) mass is 479 g/mol. The molecule has 0 unspecified atom stereocenters. The smallest absolute Gasteiger partial charge is 0.256 e. The number of nitrogens with zero attached hydrogens (tertiary/aromatic N) is 5. The number of benzene rings is 1. The minimum atomic E-state index is -2.45. The number of carbonyl (C=O) groups excluding carboxylic acids is 1. The summed E-state index contributed by atoms with van der Waals surface area (Å²) < 4.78 is 27.7. The molecule has 2 aliphatic rings. The molecule has 1 saturated carbocycles. The van der Waals surface area contributed by atoms with E-state index in [2.05, 4.69) is 25.3 Å². The summed E-state index contributed by atoms with van der Waals surface area (Å²) in [6.07, 6.45) is 3.25. The Morgan fingerprint density at radius 1 is 1.23 bits per heavy atom. The number of carbonyl (C=O) groups is 1. The van der Waals surface area contributed by atoms with Crippen molar-refractivity contribution in [2.75, 3.05) is 18.4 Å². The van der Waals surface area contributed by atoms with E-state index in [9.17, 15) is 13.6 Å². The number of amides is 1. The zero-order chi connectivity index (χ0) is 24.3. The van der Waals surface area contributed by atoms with Gasteiger partial charge in [0.25, 0.3) is 6.43 Å². The lowest BCUT2D eigenvalue weighted by atomic mass is 10.0. The van der Waals surface area contributed by atoms with Crippen LogP contribution >= 0.6 is 0 Å². The Morgan fingerprint density at radius 2 is 2.00 bits per heavy atom. The maximum absolute atomic E-state index is 13.1. The Balaban J connectivity index is 1.23. The van der Waals surface area contributed by atoms with Crippen LogP contribution in [0.4, 0.5) is 14.7 Å². The van der Waals surface area contributed by atoms with Crippen molar-refractivity contribution in [2.24, 2.45) is 11.8 Å². The molecule has 6 rings (SSSR count). The summed E-state index contributed by atoms with van der Waals surface area (Å²) in [5.41, 5.74) is 3.90. The number of halogens is 2. The van der Waals surface area contributed by atoms with Crippen LogP contribution in [-0.4, -0.2) is 60.9 Å². The van der Waals surface area contributed by atoms with Gasteiger partial charge in [0.1, 0.15) is 11.5 Å². The molecule has 35 heavy (non-hydrogen) atoms. The van der Waals surface area contributed by atoms with E-state index in [1.807, 2.05) is 29.3 Å². The maximum atomic E-state index is 13.1. The van der Waals surface area contributed by atoms with Gasteiger partial charge in [-0.2, -0.15) is 4.98 Å². The first-order valence-electron chi connectivity index (χ1n) is 12.0. The number of alkyl halides is 2. The standard InChI is InChI=1S/C25H27F2N7O/c1-13-30-21-4-3-15(7-22(21)34(13)12-23(26)27)19-8-28-24-20(19)9-29-25(32-24)31-18-5-16-10-33(14(2)35)11-17(16)6-18/h3-4,7-9,16-18,23H,5-6,10-12H2,1-2H3,(H2,28,29,31,32)/t16-,17+,18+. The zero-order valence-electron chi connectivity index (χ0n) is 19.6. The zero-order valence-corrected chi connectivity index (χ0v) is 19.6. The van der Waals surface area contributed by atoms with E-state index in [4.69, 9.17) is 0 Å². The third-order valence-corrected chi connectivity index (χ3v) is 7.53. The minimum Gasteiger partial charge on any atom is -0.351 e. The number of hydrogen-bond acceptors (Lipinski definition) is 5. The Bertz CT molecular complexity index is 1410. The average molecular weight is 480 g/mol. The molecule has 1 aliphatic carbocycles. The number of aryl methyl sites for hydroxylation is 1. The highest BCUT2D eigenvalue weighted by atomic mass is 19.3. The molecule has 0 bridgehead atoms. The van der Waals surface area contributed by atoms with Crippen molar-refractivity contribution in [3.8, 4) is 11.1 Å². The van der Waals surface area contributed by atoms with Gasteiger partial charge in [-0.3, -0.25) is 4.79 Å². The van der Waals surface area contributed by atoms with Crippen LogP contribution in [0.1, 0.15) is 25.6 Å². The Hall–Kier alpha value is -3.56. The van der Waals surface area contributed by atoms with Crippen molar-refractivity contribution in [2.45, 2.75) is 45.7 Å². The van der Waals surface area contributed by atoms with Gasteiger partial charge in [-0.05, 0) is 49.3 Å². The van der Waals surface area contributed by atoms with E-state index < -0.39 is 6.43 Å². The molecule has 0 spiro atoms. The highest BCUT2D eigenvalue weighted by molar-refractivity contribution is 5.95. The van der Waals surface area contributed by atoms with Gasteiger partial charge in [-0.25, -0.2) is 18.7 Å². The number of aromatic nitrogens is 5. The summed E-state index contributed by atoms with van der Waals surface area (Å²) in [4.78, 5) is 30.5. The lowest BCUT2D eigenvalue weighted by Gasteiger charge is -2.18. The molecule has 8 nitrogen and oxygen atoms in total. The fourth-order valence-electron chi connectivity index (χ4n) is 5.85. The predicted molar refractivity (Wildman–Crippen MR) is 129 cm³/mol. The average Bonchev–Trinajstić information content (AvgIpc) is 3.55. The van der Waals surface area contributed by atoms with Crippen molar-refractivity contribution in [1.29, 1.82) is 0 Å². The van der Waals surface area contributed by atoms with E-state index in [1.165, 1.54) is 0 Å². The highest BCUT2D eigenvalue weighted by Crippen LogP contribution is 2.39. The molecule has 4 aromatic rings. The molecule has 2 N–H and O–H groups in total.